The van der Waals surface area contributed by atoms with E-state index in [2.05, 4.69) is 11.1 Å². The number of hydrogen-bond donors (Lipinski definition) is 2. The molecule has 128 valence electrons. The first-order valence-electron chi connectivity index (χ1n) is 8.64. The van der Waals surface area contributed by atoms with E-state index in [9.17, 15) is 4.79 Å². The molecule has 25 heavy (non-hydrogen) atoms. The van der Waals surface area contributed by atoms with Crippen molar-refractivity contribution in [2.75, 3.05) is 26.2 Å². The number of carbonyl (C=O) groups is 1. The molecule has 4 nitrogen and oxygen atoms in total. The minimum Gasteiger partial charge on any atom is -0.351 e. The van der Waals surface area contributed by atoms with Gasteiger partial charge in [-0.3, -0.25) is 4.79 Å². The summed E-state index contributed by atoms with van der Waals surface area (Å²) < 4.78 is 0. The van der Waals surface area contributed by atoms with Crippen molar-refractivity contribution in [3.05, 3.63) is 70.9 Å². The molecule has 0 unspecified atom stereocenters. The van der Waals surface area contributed by atoms with Gasteiger partial charge < -0.3 is 14.8 Å². The standard InChI is InChI=1S/C20H20ClN3O/c21-17-6-3-4-15(12-17)14-23-8-10-24(11-9-23)20(25)19-13-16-5-1-2-7-18(16)22-19/h1-7,12-13,22H,8-11,14H2/p+1. The molecule has 0 spiro atoms. The summed E-state index contributed by atoms with van der Waals surface area (Å²) in [5.41, 5.74) is 2.94. The smallest absolute Gasteiger partial charge is 0.270 e. The average molecular weight is 355 g/mol. The van der Waals surface area contributed by atoms with Crippen molar-refractivity contribution < 1.29 is 9.69 Å². The first-order valence-corrected chi connectivity index (χ1v) is 9.02. The van der Waals surface area contributed by atoms with E-state index in [1.54, 1.807) is 0 Å². The molecule has 5 heteroatoms. The van der Waals surface area contributed by atoms with Gasteiger partial charge >= 0.3 is 0 Å². The minimum atomic E-state index is 0.0954. The van der Waals surface area contributed by atoms with Gasteiger partial charge in [-0.15, -0.1) is 0 Å². The Kier molecular flexibility index (Phi) is 4.47. The van der Waals surface area contributed by atoms with Gasteiger partial charge in [0.1, 0.15) is 12.2 Å². The fraction of sp³-hybridized carbons (Fsp3) is 0.250. The third kappa shape index (κ3) is 3.55. The molecule has 1 saturated heterocycles. The van der Waals surface area contributed by atoms with Gasteiger partial charge in [-0.25, -0.2) is 0 Å². The van der Waals surface area contributed by atoms with E-state index in [0.29, 0.717) is 5.69 Å². The monoisotopic (exact) mass is 354 g/mol. The van der Waals surface area contributed by atoms with Gasteiger partial charge in [0, 0.05) is 21.5 Å². The van der Waals surface area contributed by atoms with Crippen LogP contribution in [0.2, 0.25) is 5.02 Å². The molecule has 0 aliphatic carbocycles. The van der Waals surface area contributed by atoms with E-state index in [4.69, 9.17) is 11.6 Å². The number of H-pyrrole nitrogens is 1. The Hall–Kier alpha value is -2.30. The minimum absolute atomic E-state index is 0.0954. The number of piperazine rings is 1. The number of rotatable bonds is 3. The predicted octanol–water partition coefficient (Wildman–Crippen LogP) is 2.36. The first-order chi connectivity index (χ1) is 12.2. The van der Waals surface area contributed by atoms with Crippen molar-refractivity contribution in [3.8, 4) is 0 Å². The number of nitrogens with zero attached hydrogens (tertiary/aromatic N) is 1. The molecule has 0 radical (unpaired) electrons. The molecule has 2 aromatic carbocycles. The van der Waals surface area contributed by atoms with Crippen LogP contribution in [-0.2, 0) is 6.54 Å². The number of aromatic amines is 1. The van der Waals surface area contributed by atoms with Crippen molar-refractivity contribution in [2.45, 2.75) is 6.54 Å². The lowest BCUT2D eigenvalue weighted by Gasteiger charge is -2.32. The van der Waals surface area contributed by atoms with Crippen LogP contribution in [0.25, 0.3) is 10.9 Å². The molecule has 1 aliphatic heterocycles. The topological polar surface area (TPSA) is 40.5 Å². The molecule has 2 N–H and O–H groups in total. The Labute approximate surface area is 152 Å². The number of benzene rings is 2. The van der Waals surface area contributed by atoms with E-state index in [1.807, 2.05) is 53.4 Å². The van der Waals surface area contributed by atoms with E-state index in [-0.39, 0.29) is 5.91 Å². The summed E-state index contributed by atoms with van der Waals surface area (Å²) in [6.45, 7) is 4.43. The zero-order valence-corrected chi connectivity index (χ0v) is 14.7. The lowest BCUT2D eigenvalue weighted by molar-refractivity contribution is -0.917. The Balaban J connectivity index is 1.38. The highest BCUT2D eigenvalue weighted by Gasteiger charge is 2.25. The van der Waals surface area contributed by atoms with E-state index >= 15 is 0 Å². The summed E-state index contributed by atoms with van der Waals surface area (Å²) in [4.78, 5) is 19.4. The maximum Gasteiger partial charge on any atom is 0.270 e. The number of para-hydroxylation sites is 1. The highest BCUT2D eigenvalue weighted by Crippen LogP contribution is 2.16. The predicted molar refractivity (Wildman–Crippen MR) is 100 cm³/mol. The van der Waals surface area contributed by atoms with Gasteiger partial charge in [-0.2, -0.15) is 0 Å². The number of aromatic nitrogens is 1. The Morgan fingerprint density at radius 1 is 1.08 bits per heavy atom. The van der Waals surface area contributed by atoms with E-state index in [1.165, 1.54) is 10.5 Å². The van der Waals surface area contributed by atoms with Crippen LogP contribution in [-0.4, -0.2) is 42.0 Å². The summed E-state index contributed by atoms with van der Waals surface area (Å²) in [7, 11) is 0. The summed E-state index contributed by atoms with van der Waals surface area (Å²) in [5.74, 6) is 0.0954. The second-order valence-electron chi connectivity index (χ2n) is 6.62. The fourth-order valence-corrected chi connectivity index (χ4v) is 3.71. The molecular formula is C20H21ClN3O+. The molecule has 0 atom stereocenters. The van der Waals surface area contributed by atoms with Crippen molar-refractivity contribution in [3.63, 3.8) is 0 Å². The number of halogens is 1. The van der Waals surface area contributed by atoms with Crippen LogP contribution in [0.5, 0.6) is 0 Å². The maximum absolute atomic E-state index is 12.7. The molecule has 4 rings (SSSR count). The summed E-state index contributed by atoms with van der Waals surface area (Å²) in [5, 5.41) is 1.86. The van der Waals surface area contributed by atoms with Crippen LogP contribution < -0.4 is 4.90 Å². The molecule has 1 fully saturated rings. The maximum atomic E-state index is 12.7. The second-order valence-corrected chi connectivity index (χ2v) is 7.06. The van der Waals surface area contributed by atoms with Gasteiger partial charge in [0.25, 0.3) is 5.91 Å². The normalized spacial score (nSPS) is 15.6. The molecule has 3 aromatic rings. The van der Waals surface area contributed by atoms with Gasteiger partial charge in [-0.05, 0) is 24.3 Å². The van der Waals surface area contributed by atoms with Gasteiger partial charge in [0.15, 0.2) is 0 Å². The lowest BCUT2D eigenvalue weighted by atomic mass is 10.2. The molecular weight excluding hydrogens is 334 g/mol. The third-order valence-electron chi connectivity index (χ3n) is 4.86. The highest BCUT2D eigenvalue weighted by atomic mass is 35.5. The number of quaternary nitrogens is 1. The van der Waals surface area contributed by atoms with Crippen LogP contribution in [0, 0.1) is 0 Å². The van der Waals surface area contributed by atoms with Gasteiger partial charge in [0.05, 0.1) is 26.2 Å². The van der Waals surface area contributed by atoms with Crippen LogP contribution in [0.15, 0.2) is 54.6 Å². The van der Waals surface area contributed by atoms with Gasteiger partial charge in [-0.1, -0.05) is 41.9 Å². The Morgan fingerprint density at radius 2 is 1.88 bits per heavy atom. The zero-order chi connectivity index (χ0) is 17.2. The summed E-state index contributed by atoms with van der Waals surface area (Å²) in [6.07, 6.45) is 0. The number of nitrogens with one attached hydrogen (secondary N) is 2. The molecule has 0 saturated carbocycles. The van der Waals surface area contributed by atoms with E-state index in [0.717, 1.165) is 48.6 Å². The molecule has 0 bridgehead atoms. The van der Waals surface area contributed by atoms with Crippen LogP contribution in [0.4, 0.5) is 0 Å². The fourth-order valence-electron chi connectivity index (χ4n) is 3.50. The summed E-state index contributed by atoms with van der Waals surface area (Å²) >= 11 is 6.06. The zero-order valence-electron chi connectivity index (χ0n) is 14.0. The quantitative estimate of drug-likeness (QED) is 0.745. The largest absolute Gasteiger partial charge is 0.351 e. The summed E-state index contributed by atoms with van der Waals surface area (Å²) in [6, 6.07) is 18.0. The third-order valence-corrected chi connectivity index (χ3v) is 5.10. The number of hydrogen-bond acceptors (Lipinski definition) is 1. The van der Waals surface area contributed by atoms with Crippen LogP contribution in [0.1, 0.15) is 16.1 Å². The molecule has 2 heterocycles. The highest BCUT2D eigenvalue weighted by molar-refractivity contribution is 6.30. The Morgan fingerprint density at radius 3 is 2.64 bits per heavy atom. The van der Waals surface area contributed by atoms with Crippen molar-refractivity contribution in [1.82, 2.24) is 9.88 Å². The second kappa shape index (κ2) is 6.90. The number of carbonyl (C=O) groups excluding carboxylic acids is 1. The van der Waals surface area contributed by atoms with E-state index < -0.39 is 0 Å². The lowest BCUT2D eigenvalue weighted by Crippen LogP contribution is -3.13. The molecule has 1 amide bonds. The molecule has 1 aromatic heterocycles. The number of amides is 1. The molecule has 1 aliphatic rings. The van der Waals surface area contributed by atoms with Crippen molar-refractivity contribution in [2.24, 2.45) is 0 Å². The Bertz CT molecular complexity index is 864. The average Bonchev–Trinajstić information content (AvgIpc) is 3.06. The van der Waals surface area contributed by atoms with Crippen molar-refractivity contribution >= 4 is 28.4 Å². The van der Waals surface area contributed by atoms with Crippen LogP contribution in [0.3, 0.4) is 0 Å². The van der Waals surface area contributed by atoms with Crippen LogP contribution >= 0.6 is 11.6 Å². The first kappa shape index (κ1) is 16.2. The number of fused-ring (bicyclic) bond motifs is 1. The van der Waals surface area contributed by atoms with Crippen molar-refractivity contribution in [1.29, 1.82) is 0 Å². The SMILES string of the molecule is O=C(c1cc2ccccc2[nH]1)N1CC[NH+](Cc2cccc(Cl)c2)CC1. The van der Waals surface area contributed by atoms with Gasteiger partial charge in [0.2, 0.25) is 0 Å².